The Morgan fingerprint density at radius 2 is 2.21 bits per heavy atom. The fourth-order valence-corrected chi connectivity index (χ4v) is 1.57. The van der Waals surface area contributed by atoms with Crippen molar-refractivity contribution in [2.24, 2.45) is 0 Å². The van der Waals surface area contributed by atoms with Gasteiger partial charge in [-0.25, -0.2) is 0 Å². The molecule has 0 bridgehead atoms. The molecule has 0 aliphatic rings. The fraction of sp³-hybridized carbons (Fsp3) is 0. The second-order valence-corrected chi connectivity index (χ2v) is 3.19. The van der Waals surface area contributed by atoms with Crippen molar-refractivity contribution in [1.29, 1.82) is 0 Å². The summed E-state index contributed by atoms with van der Waals surface area (Å²) in [5.41, 5.74) is 2.33. The molecule has 1 aromatic carbocycles. The van der Waals surface area contributed by atoms with Crippen LogP contribution < -0.4 is 5.32 Å². The van der Waals surface area contributed by atoms with E-state index in [9.17, 15) is 4.79 Å². The van der Waals surface area contributed by atoms with Gasteiger partial charge in [0.25, 0.3) is 0 Å². The Bertz CT molecular complexity index is 492. The Morgan fingerprint density at radius 1 is 1.43 bits per heavy atom. The van der Waals surface area contributed by atoms with E-state index < -0.39 is 0 Å². The number of rotatable bonds is 2. The van der Waals surface area contributed by atoms with E-state index in [2.05, 4.69) is 20.6 Å². The van der Waals surface area contributed by atoms with Gasteiger partial charge in [-0.2, -0.15) is 8.75 Å². The van der Waals surface area contributed by atoms with Gasteiger partial charge in [-0.05, 0) is 24.3 Å². The first kappa shape index (κ1) is 8.83. The van der Waals surface area contributed by atoms with Crippen molar-refractivity contribution >= 4 is 34.4 Å². The molecule has 70 valence electrons. The summed E-state index contributed by atoms with van der Waals surface area (Å²) in [6.45, 7) is 3.37. The molecule has 0 atom stereocenters. The highest BCUT2D eigenvalue weighted by Gasteiger charge is 2.01. The predicted molar refractivity (Wildman–Crippen MR) is 56.2 cm³/mol. The molecule has 0 saturated heterocycles. The summed E-state index contributed by atoms with van der Waals surface area (Å²) >= 11 is 1.15. The van der Waals surface area contributed by atoms with Crippen LogP contribution in [-0.2, 0) is 4.79 Å². The maximum atomic E-state index is 11.0. The average Bonchev–Trinajstić information content (AvgIpc) is 2.64. The molecule has 5 heteroatoms. The van der Waals surface area contributed by atoms with Crippen LogP contribution in [0.2, 0.25) is 0 Å². The Balaban J connectivity index is 2.34. The second-order valence-electron chi connectivity index (χ2n) is 2.66. The zero-order valence-electron chi connectivity index (χ0n) is 7.23. The number of nitrogens with zero attached hydrogens (tertiary/aromatic N) is 2. The number of aromatic nitrogens is 2. The molecule has 1 N–H and O–H groups in total. The first-order valence-corrected chi connectivity index (χ1v) is 4.68. The van der Waals surface area contributed by atoms with E-state index in [-0.39, 0.29) is 5.91 Å². The topological polar surface area (TPSA) is 54.9 Å². The van der Waals surface area contributed by atoms with Gasteiger partial charge in [0.15, 0.2) is 0 Å². The number of nitrogens with one attached hydrogen (secondary N) is 1. The molecule has 0 radical (unpaired) electrons. The lowest BCUT2D eigenvalue weighted by Crippen LogP contribution is -2.06. The highest BCUT2D eigenvalue weighted by Crippen LogP contribution is 2.16. The van der Waals surface area contributed by atoms with Gasteiger partial charge in [-0.1, -0.05) is 6.58 Å². The number of carbonyl (C=O) groups excluding carboxylic acids is 1. The van der Waals surface area contributed by atoms with Crippen molar-refractivity contribution in [1.82, 2.24) is 8.75 Å². The largest absolute Gasteiger partial charge is 0.322 e. The monoisotopic (exact) mass is 205 g/mol. The second kappa shape index (κ2) is 3.55. The van der Waals surface area contributed by atoms with E-state index >= 15 is 0 Å². The summed E-state index contributed by atoms with van der Waals surface area (Å²) in [5, 5.41) is 2.65. The quantitative estimate of drug-likeness (QED) is 0.761. The summed E-state index contributed by atoms with van der Waals surface area (Å²) in [7, 11) is 0. The van der Waals surface area contributed by atoms with E-state index in [1.165, 1.54) is 6.08 Å². The number of carbonyl (C=O) groups is 1. The number of hydrogen-bond donors (Lipinski definition) is 1. The number of hydrogen-bond acceptors (Lipinski definition) is 4. The van der Waals surface area contributed by atoms with Gasteiger partial charge in [0.2, 0.25) is 5.91 Å². The minimum atomic E-state index is -0.229. The smallest absolute Gasteiger partial charge is 0.247 e. The third-order valence-corrected chi connectivity index (χ3v) is 2.26. The van der Waals surface area contributed by atoms with E-state index in [1.54, 1.807) is 12.1 Å². The minimum absolute atomic E-state index is 0.229. The van der Waals surface area contributed by atoms with E-state index in [0.717, 1.165) is 22.8 Å². The molecular formula is C9H7N3OS. The van der Waals surface area contributed by atoms with E-state index in [1.807, 2.05) is 6.07 Å². The van der Waals surface area contributed by atoms with Crippen molar-refractivity contribution in [3.63, 3.8) is 0 Å². The van der Waals surface area contributed by atoms with Gasteiger partial charge in [0, 0.05) is 5.69 Å². The summed E-state index contributed by atoms with van der Waals surface area (Å²) in [6.07, 6.45) is 1.23. The van der Waals surface area contributed by atoms with Crippen molar-refractivity contribution in [2.75, 3.05) is 5.32 Å². The normalized spacial score (nSPS) is 10.0. The molecule has 14 heavy (non-hydrogen) atoms. The van der Waals surface area contributed by atoms with Gasteiger partial charge < -0.3 is 5.32 Å². The van der Waals surface area contributed by atoms with Crippen LogP contribution in [0.25, 0.3) is 11.0 Å². The van der Waals surface area contributed by atoms with Crippen LogP contribution in [0.5, 0.6) is 0 Å². The lowest BCUT2D eigenvalue weighted by molar-refractivity contribution is -0.111. The molecule has 0 unspecified atom stereocenters. The van der Waals surface area contributed by atoms with Crippen LogP contribution in [0.1, 0.15) is 0 Å². The van der Waals surface area contributed by atoms with Gasteiger partial charge in [-0.3, -0.25) is 4.79 Å². The van der Waals surface area contributed by atoms with Crippen molar-refractivity contribution in [3.05, 3.63) is 30.9 Å². The molecule has 0 aliphatic carbocycles. The maximum Gasteiger partial charge on any atom is 0.247 e. The van der Waals surface area contributed by atoms with Crippen LogP contribution in [0, 0.1) is 0 Å². The van der Waals surface area contributed by atoms with Crippen molar-refractivity contribution in [3.8, 4) is 0 Å². The Kier molecular flexibility index (Phi) is 2.24. The maximum absolute atomic E-state index is 11.0. The molecule has 1 heterocycles. The number of fused-ring (bicyclic) bond motifs is 1. The summed E-state index contributed by atoms with van der Waals surface area (Å²) in [5.74, 6) is -0.229. The van der Waals surface area contributed by atoms with Crippen LogP contribution in [-0.4, -0.2) is 14.7 Å². The van der Waals surface area contributed by atoms with E-state index in [4.69, 9.17) is 0 Å². The summed E-state index contributed by atoms with van der Waals surface area (Å²) in [4.78, 5) is 11.0. The number of anilines is 1. The number of amides is 1. The summed E-state index contributed by atoms with van der Waals surface area (Å²) in [6, 6.07) is 5.38. The molecule has 1 aromatic heterocycles. The SMILES string of the molecule is C=CC(=O)Nc1ccc2nsnc2c1. The lowest BCUT2D eigenvalue weighted by atomic mass is 10.3. The molecular weight excluding hydrogens is 198 g/mol. The van der Waals surface area contributed by atoms with Crippen LogP contribution in [0.3, 0.4) is 0 Å². The Labute approximate surface area is 84.6 Å². The molecule has 0 fully saturated rings. The minimum Gasteiger partial charge on any atom is -0.322 e. The summed E-state index contributed by atoms with van der Waals surface area (Å²) < 4.78 is 8.12. The molecule has 0 aliphatic heterocycles. The van der Waals surface area contributed by atoms with Crippen molar-refractivity contribution < 1.29 is 4.79 Å². The van der Waals surface area contributed by atoms with Crippen LogP contribution >= 0.6 is 11.7 Å². The third-order valence-electron chi connectivity index (χ3n) is 1.71. The van der Waals surface area contributed by atoms with Crippen LogP contribution in [0.4, 0.5) is 5.69 Å². The zero-order valence-corrected chi connectivity index (χ0v) is 8.04. The average molecular weight is 205 g/mol. The third kappa shape index (κ3) is 1.62. The highest BCUT2D eigenvalue weighted by atomic mass is 32.1. The van der Waals surface area contributed by atoms with E-state index in [0.29, 0.717) is 5.69 Å². The molecule has 1 amide bonds. The fourth-order valence-electron chi connectivity index (χ4n) is 1.05. The Hall–Kier alpha value is -1.75. The first-order chi connectivity index (χ1) is 6.79. The number of benzene rings is 1. The first-order valence-electron chi connectivity index (χ1n) is 3.95. The van der Waals surface area contributed by atoms with Gasteiger partial charge in [0.1, 0.15) is 11.0 Å². The lowest BCUT2D eigenvalue weighted by Gasteiger charge is -2.00. The van der Waals surface area contributed by atoms with Gasteiger partial charge >= 0.3 is 0 Å². The molecule has 2 rings (SSSR count). The standard InChI is InChI=1S/C9H7N3OS/c1-2-9(13)10-6-3-4-7-8(5-6)12-14-11-7/h2-5H,1H2,(H,10,13). The van der Waals surface area contributed by atoms with Gasteiger partial charge in [-0.15, -0.1) is 0 Å². The Morgan fingerprint density at radius 3 is 3.00 bits per heavy atom. The zero-order chi connectivity index (χ0) is 9.97. The molecule has 0 saturated carbocycles. The molecule has 2 aromatic rings. The molecule has 4 nitrogen and oxygen atoms in total. The van der Waals surface area contributed by atoms with Crippen molar-refractivity contribution in [2.45, 2.75) is 0 Å². The highest BCUT2D eigenvalue weighted by molar-refractivity contribution is 7.00. The van der Waals surface area contributed by atoms with Gasteiger partial charge in [0.05, 0.1) is 11.7 Å². The van der Waals surface area contributed by atoms with Crippen LogP contribution in [0.15, 0.2) is 30.9 Å². The molecule has 0 spiro atoms. The predicted octanol–water partition coefficient (Wildman–Crippen LogP) is 1.82.